The highest BCUT2D eigenvalue weighted by Gasteiger charge is 2.13. The molecule has 0 aliphatic heterocycles. The van der Waals surface area contributed by atoms with E-state index >= 15 is 0 Å². The van der Waals surface area contributed by atoms with Crippen LogP contribution in [0.15, 0.2) is 24.3 Å². The van der Waals surface area contributed by atoms with E-state index in [1.807, 2.05) is 13.8 Å². The van der Waals surface area contributed by atoms with Gasteiger partial charge < -0.3 is 20.5 Å². The summed E-state index contributed by atoms with van der Waals surface area (Å²) in [4.78, 5) is 11.6. The molecule has 5 nitrogen and oxygen atoms in total. The van der Waals surface area contributed by atoms with Crippen molar-refractivity contribution in [2.45, 2.75) is 20.8 Å². The van der Waals surface area contributed by atoms with Crippen LogP contribution < -0.4 is 10.8 Å². The van der Waals surface area contributed by atoms with Crippen LogP contribution in [-0.2, 0) is 0 Å². The fourth-order valence-corrected chi connectivity index (χ4v) is 1.24. The fourth-order valence-electron chi connectivity index (χ4n) is 1.24. The smallest absolute Gasteiger partial charge is 0.423 e. The number of hydrogen-bond acceptors (Lipinski definition) is 4. The molecule has 0 saturated heterocycles. The largest absolute Gasteiger partial charge is 0.488 e. The van der Waals surface area contributed by atoms with Gasteiger partial charge in [0.05, 0.1) is 0 Å². The van der Waals surface area contributed by atoms with Crippen LogP contribution in [0.25, 0.3) is 0 Å². The second-order valence-electron chi connectivity index (χ2n) is 4.42. The molecule has 1 rings (SSSR count). The molecule has 0 heterocycles. The Balaban J connectivity index is 0.000000982. The van der Waals surface area contributed by atoms with Gasteiger partial charge in [-0.15, -0.1) is 0 Å². The zero-order valence-electron chi connectivity index (χ0n) is 11.6. The first-order valence-corrected chi connectivity index (χ1v) is 6.27. The van der Waals surface area contributed by atoms with Crippen molar-refractivity contribution in [1.82, 2.24) is 5.32 Å². The van der Waals surface area contributed by atoms with E-state index in [1.165, 1.54) is 6.07 Å². The number of aliphatic hydroxyl groups is 1. The summed E-state index contributed by atoms with van der Waals surface area (Å²) in [6, 6.07) is 6.30. The van der Waals surface area contributed by atoms with E-state index in [0.29, 0.717) is 23.5 Å². The van der Waals surface area contributed by atoms with Crippen molar-refractivity contribution in [2.75, 3.05) is 13.2 Å². The number of nitrogens with one attached hydrogen (secondary N) is 1. The second-order valence-corrected chi connectivity index (χ2v) is 4.42. The molecule has 1 aromatic carbocycles. The van der Waals surface area contributed by atoms with Gasteiger partial charge in [-0.2, -0.15) is 0 Å². The Hall–Kier alpha value is -1.37. The lowest BCUT2D eigenvalue weighted by Crippen LogP contribution is -2.32. The summed E-state index contributed by atoms with van der Waals surface area (Å²) in [6.45, 7) is 6.55. The minimum Gasteiger partial charge on any atom is -0.423 e. The molecule has 6 heteroatoms. The van der Waals surface area contributed by atoms with Crippen LogP contribution in [0.1, 0.15) is 31.1 Å². The first-order valence-electron chi connectivity index (χ1n) is 6.27. The van der Waals surface area contributed by atoms with Crippen LogP contribution in [0.2, 0.25) is 0 Å². The lowest BCUT2D eigenvalue weighted by Gasteiger charge is -2.08. The van der Waals surface area contributed by atoms with Crippen LogP contribution in [0.4, 0.5) is 0 Å². The zero-order valence-corrected chi connectivity index (χ0v) is 11.6. The second kappa shape index (κ2) is 9.55. The molecule has 0 bridgehead atoms. The molecule has 0 unspecified atom stereocenters. The Morgan fingerprint density at radius 2 is 1.95 bits per heavy atom. The van der Waals surface area contributed by atoms with Crippen LogP contribution in [0.3, 0.4) is 0 Å². The van der Waals surface area contributed by atoms with E-state index in [4.69, 9.17) is 15.2 Å². The van der Waals surface area contributed by atoms with Gasteiger partial charge in [0, 0.05) is 18.7 Å². The van der Waals surface area contributed by atoms with Crippen molar-refractivity contribution in [2.24, 2.45) is 5.92 Å². The third-order valence-corrected chi connectivity index (χ3v) is 2.12. The lowest BCUT2D eigenvalue weighted by atomic mass is 9.79. The monoisotopic (exact) mass is 267 g/mol. The topological polar surface area (TPSA) is 89.8 Å². The van der Waals surface area contributed by atoms with Crippen LogP contribution in [0.5, 0.6) is 0 Å². The molecule has 0 saturated carbocycles. The number of aliphatic hydroxyl groups excluding tert-OH is 1. The molecule has 0 radical (unpaired) electrons. The molecule has 0 aromatic heterocycles. The minimum atomic E-state index is -1.54. The standard InChI is InChI=1S/C11H16BNO3.C2H6O/c1-8(2)7-13-11(14)9-4-3-5-10(6-9)12(15)16;1-2-3/h3-6,8,15-16H,7H2,1-2H3,(H,13,14);3H,2H2,1H3. The van der Waals surface area contributed by atoms with Crippen molar-refractivity contribution >= 4 is 18.5 Å². The number of carbonyl (C=O) groups is 1. The molecule has 0 aliphatic rings. The number of carbonyl (C=O) groups excluding carboxylic acids is 1. The SMILES string of the molecule is CC(C)CNC(=O)c1cccc(B(O)O)c1.CCO. The summed E-state index contributed by atoms with van der Waals surface area (Å²) < 4.78 is 0. The highest BCUT2D eigenvalue weighted by molar-refractivity contribution is 6.58. The zero-order chi connectivity index (χ0) is 14.8. The Bertz CT molecular complexity index is 383. The molecule has 1 aromatic rings. The molecular weight excluding hydrogens is 245 g/mol. The predicted molar refractivity (Wildman–Crippen MR) is 76.2 cm³/mol. The van der Waals surface area contributed by atoms with Gasteiger partial charge in [-0.3, -0.25) is 4.79 Å². The van der Waals surface area contributed by atoms with E-state index in [1.54, 1.807) is 25.1 Å². The van der Waals surface area contributed by atoms with Crippen LogP contribution >= 0.6 is 0 Å². The number of rotatable bonds is 4. The van der Waals surface area contributed by atoms with Crippen molar-refractivity contribution in [3.63, 3.8) is 0 Å². The van der Waals surface area contributed by atoms with E-state index in [2.05, 4.69) is 5.32 Å². The van der Waals surface area contributed by atoms with Crippen LogP contribution in [0, 0.1) is 5.92 Å². The molecule has 0 atom stereocenters. The molecule has 0 fully saturated rings. The summed E-state index contributed by atoms with van der Waals surface area (Å²) >= 11 is 0. The van der Waals surface area contributed by atoms with E-state index in [0.717, 1.165) is 0 Å². The first kappa shape index (κ1) is 17.6. The summed E-state index contributed by atoms with van der Waals surface area (Å²) in [6.07, 6.45) is 0. The lowest BCUT2D eigenvalue weighted by molar-refractivity contribution is 0.0949. The van der Waals surface area contributed by atoms with E-state index in [9.17, 15) is 4.79 Å². The van der Waals surface area contributed by atoms with Crippen molar-refractivity contribution < 1.29 is 19.9 Å². The third kappa shape index (κ3) is 7.61. The summed E-state index contributed by atoms with van der Waals surface area (Å²) in [5, 5.41) is 28.3. The van der Waals surface area contributed by atoms with Gasteiger partial charge in [0.15, 0.2) is 0 Å². The Morgan fingerprint density at radius 1 is 1.37 bits per heavy atom. The molecule has 106 valence electrons. The Kier molecular flexibility index (Phi) is 8.86. The number of amides is 1. The van der Waals surface area contributed by atoms with Gasteiger partial charge in [0.2, 0.25) is 0 Å². The van der Waals surface area contributed by atoms with Crippen molar-refractivity contribution in [3.05, 3.63) is 29.8 Å². The van der Waals surface area contributed by atoms with Crippen LogP contribution in [-0.4, -0.2) is 41.3 Å². The van der Waals surface area contributed by atoms with E-state index < -0.39 is 7.12 Å². The molecular formula is C13H22BNO4. The highest BCUT2D eigenvalue weighted by Crippen LogP contribution is 1.98. The average Bonchev–Trinajstić information content (AvgIpc) is 2.37. The van der Waals surface area contributed by atoms with Crippen molar-refractivity contribution in [1.29, 1.82) is 0 Å². The first-order chi connectivity index (χ1) is 8.92. The normalized spacial score (nSPS) is 9.63. The minimum absolute atomic E-state index is 0.198. The molecule has 0 aliphatic carbocycles. The number of hydrogen-bond donors (Lipinski definition) is 4. The number of benzene rings is 1. The third-order valence-electron chi connectivity index (χ3n) is 2.12. The molecule has 19 heavy (non-hydrogen) atoms. The summed E-state index contributed by atoms with van der Waals surface area (Å²) in [7, 11) is -1.54. The van der Waals surface area contributed by atoms with Gasteiger partial charge in [-0.25, -0.2) is 0 Å². The molecule has 4 N–H and O–H groups in total. The van der Waals surface area contributed by atoms with E-state index in [-0.39, 0.29) is 12.5 Å². The maximum atomic E-state index is 11.6. The Morgan fingerprint density at radius 3 is 2.42 bits per heavy atom. The van der Waals surface area contributed by atoms with Gasteiger partial charge in [-0.1, -0.05) is 26.0 Å². The highest BCUT2D eigenvalue weighted by atomic mass is 16.4. The van der Waals surface area contributed by atoms with Crippen molar-refractivity contribution in [3.8, 4) is 0 Å². The molecule has 1 amide bonds. The fraction of sp³-hybridized carbons (Fsp3) is 0.462. The summed E-state index contributed by atoms with van der Waals surface area (Å²) in [5.41, 5.74) is 0.753. The molecule has 0 spiro atoms. The maximum Gasteiger partial charge on any atom is 0.488 e. The van der Waals surface area contributed by atoms with Gasteiger partial charge in [0.25, 0.3) is 5.91 Å². The average molecular weight is 267 g/mol. The quantitative estimate of drug-likeness (QED) is 0.566. The van der Waals surface area contributed by atoms with Gasteiger partial charge >= 0.3 is 7.12 Å². The van der Waals surface area contributed by atoms with Gasteiger partial charge in [0.1, 0.15) is 0 Å². The summed E-state index contributed by atoms with van der Waals surface area (Å²) in [5.74, 6) is 0.187. The Labute approximate surface area is 114 Å². The predicted octanol–water partition coefficient (Wildman–Crippen LogP) is -0.249. The maximum absolute atomic E-state index is 11.6. The van der Waals surface area contributed by atoms with Gasteiger partial charge in [-0.05, 0) is 30.4 Å².